The lowest BCUT2D eigenvalue weighted by molar-refractivity contribution is 0.0602. The average Bonchev–Trinajstić information content (AvgIpc) is 3.39. The topological polar surface area (TPSA) is 68.2 Å². The number of anilines is 2. The van der Waals surface area contributed by atoms with Gasteiger partial charge < -0.3 is 15.4 Å². The number of nitrogens with one attached hydrogen (secondary N) is 2. The molecule has 0 saturated heterocycles. The molecule has 2 N–H and O–H groups in total. The fourth-order valence-electron chi connectivity index (χ4n) is 3.12. The van der Waals surface area contributed by atoms with E-state index in [1.54, 1.807) is 29.1 Å². The molecule has 0 fully saturated rings. The van der Waals surface area contributed by atoms with Crippen LogP contribution in [0.3, 0.4) is 0 Å². The van der Waals surface area contributed by atoms with E-state index in [1.165, 1.54) is 18.4 Å². The third-order valence-corrected chi connectivity index (χ3v) is 7.02. The number of hydrogen-bond donors (Lipinski definition) is 2. The number of thiophene rings is 1. The number of carbonyl (C=O) groups excluding carboxylic acids is 1. The first-order valence-electron chi connectivity index (χ1n) is 9.86. The summed E-state index contributed by atoms with van der Waals surface area (Å²) in [5, 5.41) is 12.6. The summed E-state index contributed by atoms with van der Waals surface area (Å²) in [6.07, 6.45) is 1.67. The highest BCUT2D eigenvalue weighted by Gasteiger charge is 2.19. The van der Waals surface area contributed by atoms with E-state index in [2.05, 4.69) is 15.7 Å². The van der Waals surface area contributed by atoms with Gasteiger partial charge in [-0.25, -0.2) is 4.79 Å². The number of methoxy groups -OCH3 is 1. The summed E-state index contributed by atoms with van der Waals surface area (Å²) in [6, 6.07) is 16.9. The number of carbonyl (C=O) groups is 1. The molecule has 0 aliphatic rings. The Bertz CT molecular complexity index is 1360. The van der Waals surface area contributed by atoms with Crippen molar-refractivity contribution in [1.29, 1.82) is 0 Å². The molecule has 4 aromatic rings. The standard InChI is InChI=1S/C23H17Cl3N4O2S2/c1-32-22(31)15-10-19(14-5-3-2-4-6-14)34-21(15)28-23(33)27-20-18(26)12-30(29-20)11-13-7-8-16(24)17(25)9-13/h2-10,12H,11H2,1H3,(H2,27,28,29,33). The van der Waals surface area contributed by atoms with Crippen LogP contribution < -0.4 is 10.6 Å². The number of esters is 1. The Balaban J connectivity index is 1.50. The molecule has 2 aromatic heterocycles. The molecule has 0 bridgehead atoms. The van der Waals surface area contributed by atoms with Gasteiger partial charge in [0.2, 0.25) is 0 Å². The van der Waals surface area contributed by atoms with Gasteiger partial charge in [-0.15, -0.1) is 11.3 Å². The number of hydrogen-bond acceptors (Lipinski definition) is 5. The summed E-state index contributed by atoms with van der Waals surface area (Å²) in [7, 11) is 1.34. The molecule has 0 spiro atoms. The fraction of sp³-hybridized carbons (Fsp3) is 0.0870. The molecule has 0 saturated carbocycles. The maximum atomic E-state index is 12.3. The molecule has 11 heteroatoms. The Morgan fingerprint density at radius 3 is 2.53 bits per heavy atom. The molecular formula is C23H17Cl3N4O2S2. The smallest absolute Gasteiger partial charge is 0.340 e. The largest absolute Gasteiger partial charge is 0.465 e. The monoisotopic (exact) mass is 550 g/mol. The highest BCUT2D eigenvalue weighted by atomic mass is 35.5. The van der Waals surface area contributed by atoms with Crippen molar-refractivity contribution in [1.82, 2.24) is 9.78 Å². The van der Waals surface area contributed by atoms with E-state index in [0.29, 0.717) is 38.0 Å². The second kappa shape index (κ2) is 10.8. The number of aromatic nitrogens is 2. The molecule has 0 aliphatic heterocycles. The van der Waals surface area contributed by atoms with E-state index < -0.39 is 5.97 Å². The second-order valence-electron chi connectivity index (χ2n) is 7.06. The Morgan fingerprint density at radius 1 is 1.06 bits per heavy atom. The second-order valence-corrected chi connectivity index (χ2v) is 9.74. The van der Waals surface area contributed by atoms with Gasteiger partial charge in [-0.05, 0) is 41.5 Å². The normalized spacial score (nSPS) is 10.7. The number of rotatable bonds is 6. The fourth-order valence-corrected chi connectivity index (χ4v) is 4.96. The van der Waals surface area contributed by atoms with E-state index >= 15 is 0 Å². The Morgan fingerprint density at radius 2 is 1.82 bits per heavy atom. The molecule has 0 radical (unpaired) electrons. The zero-order chi connectivity index (χ0) is 24.2. The van der Waals surface area contributed by atoms with Crippen LogP contribution in [0.5, 0.6) is 0 Å². The summed E-state index contributed by atoms with van der Waals surface area (Å²) >= 11 is 25.3. The first-order valence-corrected chi connectivity index (χ1v) is 12.2. The molecular weight excluding hydrogens is 535 g/mol. The van der Waals surface area contributed by atoms with Gasteiger partial charge in [-0.1, -0.05) is 71.2 Å². The summed E-state index contributed by atoms with van der Waals surface area (Å²) in [5.74, 6) is -0.0913. The molecule has 6 nitrogen and oxygen atoms in total. The third kappa shape index (κ3) is 5.71. The lowest BCUT2D eigenvalue weighted by Gasteiger charge is -2.09. The van der Waals surface area contributed by atoms with Crippen molar-refractivity contribution < 1.29 is 9.53 Å². The van der Waals surface area contributed by atoms with Gasteiger partial charge in [0.25, 0.3) is 0 Å². The molecule has 0 atom stereocenters. The quantitative estimate of drug-likeness (QED) is 0.195. The predicted molar refractivity (Wildman–Crippen MR) is 144 cm³/mol. The zero-order valence-corrected chi connectivity index (χ0v) is 21.5. The lowest BCUT2D eigenvalue weighted by atomic mass is 10.1. The molecule has 2 heterocycles. The van der Waals surface area contributed by atoms with E-state index in [9.17, 15) is 4.79 Å². The number of ether oxygens (including phenoxy) is 1. The van der Waals surface area contributed by atoms with Crippen molar-refractivity contribution >= 4 is 80.3 Å². The van der Waals surface area contributed by atoms with Crippen LogP contribution >= 0.6 is 58.4 Å². The van der Waals surface area contributed by atoms with Crippen LogP contribution in [0.15, 0.2) is 60.8 Å². The van der Waals surface area contributed by atoms with Crippen LogP contribution in [0.2, 0.25) is 15.1 Å². The summed E-state index contributed by atoms with van der Waals surface area (Å²) in [4.78, 5) is 13.2. The maximum Gasteiger partial charge on any atom is 0.340 e. The lowest BCUT2D eigenvalue weighted by Crippen LogP contribution is -2.20. The van der Waals surface area contributed by atoms with Crippen LogP contribution in [-0.4, -0.2) is 28.0 Å². The van der Waals surface area contributed by atoms with Crippen LogP contribution in [0, 0.1) is 0 Å². The van der Waals surface area contributed by atoms with Crippen molar-refractivity contribution in [3.05, 3.63) is 87.0 Å². The van der Waals surface area contributed by atoms with Crippen LogP contribution in [-0.2, 0) is 11.3 Å². The zero-order valence-electron chi connectivity index (χ0n) is 17.6. The Labute approximate surface area is 220 Å². The van der Waals surface area contributed by atoms with Gasteiger partial charge in [0.05, 0.1) is 29.3 Å². The molecule has 0 amide bonds. The minimum absolute atomic E-state index is 0.230. The van der Waals surface area contributed by atoms with E-state index in [4.69, 9.17) is 51.8 Å². The first-order chi connectivity index (χ1) is 16.3. The van der Waals surface area contributed by atoms with Crippen molar-refractivity contribution in [2.24, 2.45) is 0 Å². The number of benzene rings is 2. The van der Waals surface area contributed by atoms with Crippen LogP contribution in [0.1, 0.15) is 15.9 Å². The van der Waals surface area contributed by atoms with Gasteiger partial charge in [0.15, 0.2) is 10.9 Å². The summed E-state index contributed by atoms with van der Waals surface area (Å²) < 4.78 is 6.59. The van der Waals surface area contributed by atoms with Crippen molar-refractivity contribution in [2.45, 2.75) is 6.54 Å². The summed E-state index contributed by atoms with van der Waals surface area (Å²) in [6.45, 7) is 0.441. The molecule has 4 rings (SSSR count). The average molecular weight is 552 g/mol. The molecule has 2 aromatic carbocycles. The van der Waals surface area contributed by atoms with Crippen molar-refractivity contribution in [2.75, 3.05) is 17.7 Å². The minimum Gasteiger partial charge on any atom is -0.465 e. The first kappa shape index (κ1) is 24.5. The van der Waals surface area contributed by atoms with Gasteiger partial charge in [-0.3, -0.25) is 4.68 Å². The SMILES string of the molecule is COC(=O)c1cc(-c2ccccc2)sc1NC(=S)Nc1nn(Cc2ccc(Cl)c(Cl)c2)cc1Cl. The maximum absolute atomic E-state index is 12.3. The van der Waals surface area contributed by atoms with Crippen LogP contribution in [0.4, 0.5) is 10.8 Å². The molecule has 0 aliphatic carbocycles. The van der Waals surface area contributed by atoms with E-state index in [1.807, 2.05) is 36.4 Å². The molecule has 0 unspecified atom stereocenters. The third-order valence-electron chi connectivity index (χ3n) is 4.70. The van der Waals surface area contributed by atoms with Crippen LogP contribution in [0.25, 0.3) is 10.4 Å². The van der Waals surface area contributed by atoms with Crippen molar-refractivity contribution in [3.63, 3.8) is 0 Å². The summed E-state index contributed by atoms with van der Waals surface area (Å²) in [5.41, 5.74) is 2.27. The van der Waals surface area contributed by atoms with E-state index in [0.717, 1.165) is 16.0 Å². The number of halogens is 3. The molecule has 174 valence electrons. The Kier molecular flexibility index (Phi) is 7.75. The van der Waals surface area contributed by atoms with Gasteiger partial charge in [0.1, 0.15) is 10.0 Å². The van der Waals surface area contributed by atoms with E-state index in [-0.39, 0.29) is 5.11 Å². The van der Waals surface area contributed by atoms with Gasteiger partial charge in [-0.2, -0.15) is 5.10 Å². The molecule has 34 heavy (non-hydrogen) atoms. The van der Waals surface area contributed by atoms with Crippen molar-refractivity contribution in [3.8, 4) is 10.4 Å². The van der Waals surface area contributed by atoms with Gasteiger partial charge in [0, 0.05) is 11.1 Å². The minimum atomic E-state index is -0.465. The highest BCUT2D eigenvalue weighted by molar-refractivity contribution is 7.80. The Hall–Kier alpha value is -2.62. The van der Waals surface area contributed by atoms with Gasteiger partial charge >= 0.3 is 5.97 Å². The number of thiocarbonyl (C=S) groups is 1. The predicted octanol–water partition coefficient (Wildman–Crippen LogP) is 7.22. The number of nitrogens with zero attached hydrogens (tertiary/aromatic N) is 2. The highest BCUT2D eigenvalue weighted by Crippen LogP contribution is 2.36.